The summed E-state index contributed by atoms with van der Waals surface area (Å²) in [6.45, 7) is 6.95. The van der Waals surface area contributed by atoms with E-state index in [1.54, 1.807) is 0 Å². The van der Waals surface area contributed by atoms with Crippen LogP contribution in [0.1, 0.15) is 43.9 Å². The number of rotatable bonds is 6. The van der Waals surface area contributed by atoms with Crippen LogP contribution in [0.4, 0.5) is 0 Å². The first-order valence-electron chi connectivity index (χ1n) is 6.07. The van der Waals surface area contributed by atoms with Gasteiger partial charge in [0.2, 0.25) is 0 Å². The van der Waals surface area contributed by atoms with Gasteiger partial charge in [0.25, 0.3) is 0 Å². The van der Waals surface area contributed by atoms with Crippen LogP contribution in [-0.2, 0) is 4.74 Å². The molecule has 0 aromatic heterocycles. The highest BCUT2D eigenvalue weighted by Gasteiger charge is 2.08. The van der Waals surface area contributed by atoms with E-state index in [0.717, 1.165) is 18.4 Å². The lowest BCUT2D eigenvalue weighted by Gasteiger charge is -2.17. The fraction of sp³-hybridized carbons (Fsp3) is 0.571. The average molecular weight is 221 g/mol. The zero-order valence-electron chi connectivity index (χ0n) is 10.6. The molecule has 0 saturated carbocycles. The van der Waals surface area contributed by atoms with Crippen LogP contribution in [0.5, 0.6) is 0 Å². The Balaban J connectivity index is 2.40. The zero-order valence-corrected chi connectivity index (χ0v) is 10.6. The minimum absolute atomic E-state index is 0.0140. The fourth-order valence-electron chi connectivity index (χ4n) is 1.67. The number of benzene rings is 1. The third kappa shape index (κ3) is 4.33. The lowest BCUT2D eigenvalue weighted by atomic mass is 10.1. The molecule has 1 aromatic rings. The van der Waals surface area contributed by atoms with Gasteiger partial charge < -0.3 is 10.5 Å². The van der Waals surface area contributed by atoms with E-state index in [9.17, 15) is 0 Å². The predicted molar refractivity (Wildman–Crippen MR) is 68.4 cm³/mol. The van der Waals surface area contributed by atoms with Crippen molar-refractivity contribution in [3.63, 3.8) is 0 Å². The Morgan fingerprint density at radius 1 is 1.25 bits per heavy atom. The van der Waals surface area contributed by atoms with Crippen molar-refractivity contribution in [2.24, 2.45) is 5.73 Å². The molecule has 0 aliphatic rings. The minimum Gasteiger partial charge on any atom is -0.377 e. The van der Waals surface area contributed by atoms with E-state index in [0.29, 0.717) is 12.7 Å². The van der Waals surface area contributed by atoms with Crippen LogP contribution < -0.4 is 5.73 Å². The molecule has 0 aliphatic heterocycles. The van der Waals surface area contributed by atoms with Crippen LogP contribution in [0.15, 0.2) is 24.3 Å². The van der Waals surface area contributed by atoms with Crippen molar-refractivity contribution in [1.82, 2.24) is 0 Å². The van der Waals surface area contributed by atoms with Crippen molar-refractivity contribution in [2.45, 2.75) is 45.8 Å². The molecule has 16 heavy (non-hydrogen) atoms. The largest absolute Gasteiger partial charge is 0.377 e. The third-order valence-corrected chi connectivity index (χ3v) is 2.76. The molecule has 90 valence electrons. The quantitative estimate of drug-likeness (QED) is 0.800. The summed E-state index contributed by atoms with van der Waals surface area (Å²) in [6.07, 6.45) is 2.56. The molecule has 0 heterocycles. The molecule has 2 nitrogen and oxygen atoms in total. The minimum atomic E-state index is -0.0140. The summed E-state index contributed by atoms with van der Waals surface area (Å²) in [5.41, 5.74) is 8.47. The molecular formula is C14H23NO. The first kappa shape index (κ1) is 13.2. The van der Waals surface area contributed by atoms with Gasteiger partial charge in [0.15, 0.2) is 0 Å². The van der Waals surface area contributed by atoms with Gasteiger partial charge in [-0.15, -0.1) is 0 Å². The lowest BCUT2D eigenvalue weighted by Crippen LogP contribution is -2.20. The smallest absolute Gasteiger partial charge is 0.0662 e. The van der Waals surface area contributed by atoms with E-state index in [2.05, 4.69) is 45.0 Å². The van der Waals surface area contributed by atoms with Crippen LogP contribution in [0.25, 0.3) is 0 Å². The SMILES string of the molecule is CCCC(C)OCC(N)c1ccc(C)cc1. The van der Waals surface area contributed by atoms with Gasteiger partial charge in [0, 0.05) is 0 Å². The van der Waals surface area contributed by atoms with E-state index >= 15 is 0 Å². The van der Waals surface area contributed by atoms with Crippen LogP contribution in [0.3, 0.4) is 0 Å². The van der Waals surface area contributed by atoms with Crippen molar-refractivity contribution in [1.29, 1.82) is 0 Å². The van der Waals surface area contributed by atoms with Crippen LogP contribution in [0, 0.1) is 6.92 Å². The van der Waals surface area contributed by atoms with Gasteiger partial charge in [0.05, 0.1) is 18.8 Å². The van der Waals surface area contributed by atoms with E-state index < -0.39 is 0 Å². The number of nitrogens with two attached hydrogens (primary N) is 1. The second-order valence-corrected chi connectivity index (χ2v) is 4.45. The Labute approximate surface area is 98.8 Å². The molecule has 0 fully saturated rings. The second-order valence-electron chi connectivity index (χ2n) is 4.45. The van der Waals surface area contributed by atoms with Gasteiger partial charge in [-0.05, 0) is 25.8 Å². The van der Waals surface area contributed by atoms with Gasteiger partial charge >= 0.3 is 0 Å². The first-order valence-corrected chi connectivity index (χ1v) is 6.07. The molecule has 2 heteroatoms. The maximum absolute atomic E-state index is 6.06. The summed E-state index contributed by atoms with van der Waals surface area (Å²) >= 11 is 0. The van der Waals surface area contributed by atoms with E-state index in [4.69, 9.17) is 10.5 Å². The van der Waals surface area contributed by atoms with Gasteiger partial charge in [-0.1, -0.05) is 43.2 Å². The van der Waals surface area contributed by atoms with Crippen molar-refractivity contribution in [3.8, 4) is 0 Å². The molecular weight excluding hydrogens is 198 g/mol. The van der Waals surface area contributed by atoms with Crippen molar-refractivity contribution in [3.05, 3.63) is 35.4 Å². The van der Waals surface area contributed by atoms with E-state index in [-0.39, 0.29) is 6.04 Å². The van der Waals surface area contributed by atoms with Gasteiger partial charge in [0.1, 0.15) is 0 Å². The lowest BCUT2D eigenvalue weighted by molar-refractivity contribution is 0.0503. The van der Waals surface area contributed by atoms with Crippen molar-refractivity contribution >= 4 is 0 Å². The normalized spacial score (nSPS) is 14.8. The standard InChI is InChI=1S/C14H23NO/c1-4-5-12(3)16-10-14(15)13-8-6-11(2)7-9-13/h6-9,12,14H,4-5,10,15H2,1-3H3. The first-order chi connectivity index (χ1) is 7.63. The third-order valence-electron chi connectivity index (χ3n) is 2.76. The maximum Gasteiger partial charge on any atom is 0.0662 e. The molecule has 0 radical (unpaired) electrons. The summed E-state index contributed by atoms with van der Waals surface area (Å²) in [4.78, 5) is 0. The molecule has 2 N–H and O–H groups in total. The zero-order chi connectivity index (χ0) is 12.0. The fourth-order valence-corrected chi connectivity index (χ4v) is 1.67. The van der Waals surface area contributed by atoms with Crippen molar-refractivity contribution in [2.75, 3.05) is 6.61 Å². The summed E-state index contributed by atoms with van der Waals surface area (Å²) in [6, 6.07) is 8.32. The Hall–Kier alpha value is -0.860. The Morgan fingerprint density at radius 2 is 1.88 bits per heavy atom. The summed E-state index contributed by atoms with van der Waals surface area (Å²) in [5.74, 6) is 0. The van der Waals surface area contributed by atoms with Crippen LogP contribution >= 0.6 is 0 Å². The molecule has 1 aromatic carbocycles. The molecule has 0 saturated heterocycles. The molecule has 0 bridgehead atoms. The molecule has 0 amide bonds. The highest BCUT2D eigenvalue weighted by atomic mass is 16.5. The Morgan fingerprint density at radius 3 is 2.44 bits per heavy atom. The molecule has 0 spiro atoms. The monoisotopic (exact) mass is 221 g/mol. The van der Waals surface area contributed by atoms with Gasteiger partial charge in [-0.25, -0.2) is 0 Å². The molecule has 2 atom stereocenters. The summed E-state index contributed by atoms with van der Waals surface area (Å²) < 4.78 is 5.70. The molecule has 1 rings (SSSR count). The number of aryl methyl sites for hydroxylation is 1. The average Bonchev–Trinajstić information content (AvgIpc) is 2.27. The van der Waals surface area contributed by atoms with E-state index in [1.165, 1.54) is 5.56 Å². The molecule has 0 aliphatic carbocycles. The number of hydrogen-bond donors (Lipinski definition) is 1. The predicted octanol–water partition coefficient (Wildman–Crippen LogP) is 3.20. The maximum atomic E-state index is 6.06. The van der Waals surface area contributed by atoms with Crippen LogP contribution in [-0.4, -0.2) is 12.7 Å². The van der Waals surface area contributed by atoms with Crippen molar-refractivity contribution < 1.29 is 4.74 Å². The summed E-state index contributed by atoms with van der Waals surface area (Å²) in [5, 5.41) is 0. The topological polar surface area (TPSA) is 35.2 Å². The molecule has 2 unspecified atom stereocenters. The number of ether oxygens (including phenoxy) is 1. The number of hydrogen-bond acceptors (Lipinski definition) is 2. The summed E-state index contributed by atoms with van der Waals surface area (Å²) in [7, 11) is 0. The Kier molecular flexibility index (Phi) is 5.50. The highest BCUT2D eigenvalue weighted by Crippen LogP contribution is 2.13. The Bertz CT molecular complexity index is 294. The van der Waals surface area contributed by atoms with Crippen LogP contribution in [0.2, 0.25) is 0 Å². The van der Waals surface area contributed by atoms with E-state index in [1.807, 2.05) is 0 Å². The second kappa shape index (κ2) is 6.66. The van der Waals surface area contributed by atoms with Gasteiger partial charge in [-0.3, -0.25) is 0 Å². The van der Waals surface area contributed by atoms with Gasteiger partial charge in [-0.2, -0.15) is 0 Å². The highest BCUT2D eigenvalue weighted by molar-refractivity contribution is 5.23.